The van der Waals surface area contributed by atoms with Gasteiger partial charge in [-0.3, -0.25) is 4.79 Å². The number of carbonyl (C=O) groups is 1. The molecule has 2 N–H and O–H groups in total. The van der Waals surface area contributed by atoms with E-state index < -0.39 is 0 Å². The van der Waals surface area contributed by atoms with Gasteiger partial charge in [-0.2, -0.15) is 0 Å². The van der Waals surface area contributed by atoms with Gasteiger partial charge in [-0.05, 0) is 69.3 Å². The molecule has 1 amide bonds. The Kier molecular flexibility index (Phi) is 6.40. The SMILES string of the molecule is Cc1c(C(=O)NC(c2ccc(Cl)cc2)C2CC2)nnn1C1CCNCC1.Cl. The van der Waals surface area contributed by atoms with Gasteiger partial charge in [0.1, 0.15) is 0 Å². The minimum Gasteiger partial charge on any atom is -0.343 e. The molecule has 0 spiro atoms. The van der Waals surface area contributed by atoms with Crippen LogP contribution < -0.4 is 10.6 Å². The van der Waals surface area contributed by atoms with Crippen molar-refractivity contribution in [3.63, 3.8) is 0 Å². The van der Waals surface area contributed by atoms with E-state index in [-0.39, 0.29) is 24.4 Å². The van der Waals surface area contributed by atoms with Gasteiger partial charge in [-0.25, -0.2) is 4.68 Å². The van der Waals surface area contributed by atoms with E-state index in [1.807, 2.05) is 35.9 Å². The topological polar surface area (TPSA) is 71.8 Å². The zero-order chi connectivity index (χ0) is 18.1. The van der Waals surface area contributed by atoms with Gasteiger partial charge in [-0.1, -0.05) is 28.9 Å². The molecule has 8 heteroatoms. The second-order valence-electron chi connectivity index (χ2n) is 7.29. The molecule has 1 saturated carbocycles. The lowest BCUT2D eigenvalue weighted by Crippen LogP contribution is -2.31. The average Bonchev–Trinajstić information content (AvgIpc) is 3.43. The summed E-state index contributed by atoms with van der Waals surface area (Å²) in [6.07, 6.45) is 4.30. The third-order valence-electron chi connectivity index (χ3n) is 5.41. The maximum absolute atomic E-state index is 12.9. The monoisotopic (exact) mass is 409 g/mol. The number of amides is 1. The molecular formula is C19H25Cl2N5O. The van der Waals surface area contributed by atoms with Crippen molar-refractivity contribution in [2.45, 2.75) is 44.7 Å². The van der Waals surface area contributed by atoms with Crippen molar-refractivity contribution in [2.24, 2.45) is 5.92 Å². The molecule has 1 aliphatic carbocycles. The fourth-order valence-corrected chi connectivity index (χ4v) is 3.86. The minimum atomic E-state index is -0.144. The molecule has 2 fully saturated rings. The summed E-state index contributed by atoms with van der Waals surface area (Å²) in [6, 6.07) is 8.05. The standard InChI is InChI=1S/C19H24ClN5O.ClH/c1-12-17(23-24-25(12)16-8-10-21-11-9-16)19(26)22-18(13-2-3-13)14-4-6-15(20)7-5-14;/h4-7,13,16,18,21H,2-3,8-11H2,1H3,(H,22,26);1H. The summed E-state index contributed by atoms with van der Waals surface area (Å²) in [4.78, 5) is 12.9. The molecule has 4 rings (SSSR count). The Morgan fingerprint density at radius 3 is 2.52 bits per heavy atom. The van der Waals surface area contributed by atoms with Crippen LogP contribution in [0, 0.1) is 12.8 Å². The van der Waals surface area contributed by atoms with E-state index in [4.69, 9.17) is 11.6 Å². The van der Waals surface area contributed by atoms with Crippen LogP contribution >= 0.6 is 24.0 Å². The summed E-state index contributed by atoms with van der Waals surface area (Å²) < 4.78 is 1.92. The third-order valence-corrected chi connectivity index (χ3v) is 5.66. The molecule has 1 aromatic carbocycles. The van der Waals surface area contributed by atoms with Crippen LogP contribution in [-0.4, -0.2) is 34.0 Å². The number of nitrogens with zero attached hydrogens (tertiary/aromatic N) is 3. The zero-order valence-electron chi connectivity index (χ0n) is 15.3. The highest BCUT2D eigenvalue weighted by molar-refractivity contribution is 6.30. The highest BCUT2D eigenvalue weighted by Crippen LogP contribution is 2.41. The fourth-order valence-electron chi connectivity index (χ4n) is 3.73. The van der Waals surface area contributed by atoms with Gasteiger partial charge in [-0.15, -0.1) is 17.5 Å². The molecule has 27 heavy (non-hydrogen) atoms. The summed E-state index contributed by atoms with van der Waals surface area (Å²) in [5, 5.41) is 15.7. The molecule has 6 nitrogen and oxygen atoms in total. The number of halogens is 2. The van der Waals surface area contributed by atoms with E-state index in [1.165, 1.54) is 0 Å². The third kappa shape index (κ3) is 4.45. The Labute approximate surface area is 170 Å². The molecule has 1 aromatic heterocycles. The number of aromatic nitrogens is 3. The van der Waals surface area contributed by atoms with Gasteiger partial charge in [0.15, 0.2) is 5.69 Å². The number of hydrogen-bond donors (Lipinski definition) is 2. The van der Waals surface area contributed by atoms with Crippen molar-refractivity contribution < 1.29 is 4.79 Å². The van der Waals surface area contributed by atoms with Gasteiger partial charge >= 0.3 is 0 Å². The van der Waals surface area contributed by atoms with Crippen LogP contribution in [0.2, 0.25) is 5.02 Å². The van der Waals surface area contributed by atoms with E-state index in [0.717, 1.165) is 50.0 Å². The molecule has 1 unspecified atom stereocenters. The number of carbonyl (C=O) groups excluding carboxylic acids is 1. The highest BCUT2D eigenvalue weighted by Gasteiger charge is 2.34. The van der Waals surface area contributed by atoms with Gasteiger partial charge in [0, 0.05) is 5.02 Å². The van der Waals surface area contributed by atoms with Crippen molar-refractivity contribution in [3.05, 3.63) is 46.2 Å². The van der Waals surface area contributed by atoms with Crippen molar-refractivity contribution in [1.82, 2.24) is 25.6 Å². The quantitative estimate of drug-likeness (QED) is 0.792. The Balaban J connectivity index is 0.00000210. The number of piperidine rings is 1. The van der Waals surface area contributed by atoms with Crippen molar-refractivity contribution in [1.29, 1.82) is 0 Å². The number of nitrogens with one attached hydrogen (secondary N) is 2. The Morgan fingerprint density at radius 2 is 1.89 bits per heavy atom. The van der Waals surface area contributed by atoms with Crippen LogP contribution in [0.25, 0.3) is 0 Å². The first-order valence-corrected chi connectivity index (χ1v) is 9.70. The maximum atomic E-state index is 12.9. The lowest BCUT2D eigenvalue weighted by atomic mass is 10.0. The number of rotatable bonds is 5. The summed E-state index contributed by atoms with van der Waals surface area (Å²) in [6.45, 7) is 3.89. The Morgan fingerprint density at radius 1 is 1.22 bits per heavy atom. The molecule has 2 aromatic rings. The first kappa shape index (κ1) is 20.1. The lowest BCUT2D eigenvalue weighted by molar-refractivity contribution is 0.0926. The second kappa shape index (κ2) is 8.59. The van der Waals surface area contributed by atoms with Crippen LogP contribution in [0.15, 0.2) is 24.3 Å². The smallest absolute Gasteiger partial charge is 0.274 e. The summed E-state index contributed by atoms with van der Waals surface area (Å²) in [5.41, 5.74) is 2.37. The van der Waals surface area contributed by atoms with Crippen molar-refractivity contribution in [3.8, 4) is 0 Å². The van der Waals surface area contributed by atoms with E-state index in [0.29, 0.717) is 22.7 Å². The number of hydrogen-bond acceptors (Lipinski definition) is 4. The van der Waals surface area contributed by atoms with E-state index in [2.05, 4.69) is 20.9 Å². The van der Waals surface area contributed by atoms with Crippen LogP contribution in [-0.2, 0) is 0 Å². The molecule has 0 bridgehead atoms. The maximum Gasteiger partial charge on any atom is 0.274 e. The van der Waals surface area contributed by atoms with Crippen LogP contribution in [0.4, 0.5) is 0 Å². The highest BCUT2D eigenvalue weighted by atomic mass is 35.5. The van der Waals surface area contributed by atoms with Crippen LogP contribution in [0.3, 0.4) is 0 Å². The summed E-state index contributed by atoms with van der Waals surface area (Å²) in [7, 11) is 0. The van der Waals surface area contributed by atoms with E-state index >= 15 is 0 Å². The minimum absolute atomic E-state index is 0. The zero-order valence-corrected chi connectivity index (χ0v) is 16.9. The lowest BCUT2D eigenvalue weighted by Gasteiger charge is -2.23. The average molecular weight is 410 g/mol. The van der Waals surface area contributed by atoms with Gasteiger partial charge in [0.25, 0.3) is 5.91 Å². The van der Waals surface area contributed by atoms with Crippen LogP contribution in [0.5, 0.6) is 0 Å². The van der Waals surface area contributed by atoms with E-state index in [9.17, 15) is 4.79 Å². The molecule has 0 radical (unpaired) electrons. The molecular weight excluding hydrogens is 385 g/mol. The molecule has 2 aliphatic rings. The summed E-state index contributed by atoms with van der Waals surface area (Å²) in [5.74, 6) is 0.342. The fraction of sp³-hybridized carbons (Fsp3) is 0.526. The van der Waals surface area contributed by atoms with Gasteiger partial charge < -0.3 is 10.6 Å². The summed E-state index contributed by atoms with van der Waals surface area (Å²) >= 11 is 6.00. The van der Waals surface area contributed by atoms with Crippen molar-refractivity contribution in [2.75, 3.05) is 13.1 Å². The van der Waals surface area contributed by atoms with Crippen molar-refractivity contribution >= 4 is 29.9 Å². The normalized spacial score (nSPS) is 18.6. The molecule has 2 heterocycles. The first-order chi connectivity index (χ1) is 12.6. The molecule has 1 saturated heterocycles. The molecule has 1 atom stereocenters. The Hall–Kier alpha value is -1.63. The molecule has 146 valence electrons. The Bertz CT molecular complexity index is 782. The predicted octanol–water partition coefficient (Wildman–Crippen LogP) is 3.47. The predicted molar refractivity (Wildman–Crippen MR) is 108 cm³/mol. The largest absolute Gasteiger partial charge is 0.343 e. The van der Waals surface area contributed by atoms with Crippen LogP contribution in [0.1, 0.15) is 59.5 Å². The first-order valence-electron chi connectivity index (χ1n) is 9.32. The number of benzene rings is 1. The van der Waals surface area contributed by atoms with Gasteiger partial charge in [0.2, 0.25) is 0 Å². The molecule has 1 aliphatic heterocycles. The van der Waals surface area contributed by atoms with Gasteiger partial charge in [0.05, 0.1) is 17.8 Å². The second-order valence-corrected chi connectivity index (χ2v) is 7.73. The van der Waals surface area contributed by atoms with E-state index in [1.54, 1.807) is 0 Å².